The van der Waals surface area contributed by atoms with E-state index in [0.29, 0.717) is 0 Å². The van der Waals surface area contributed by atoms with E-state index in [2.05, 4.69) is 38.5 Å². The molecule has 4 rings (SSSR count). The van der Waals surface area contributed by atoms with Crippen LogP contribution in [-0.2, 0) is 0 Å². The minimum Gasteiger partial charge on any atom is -0.316 e. The van der Waals surface area contributed by atoms with Crippen LogP contribution in [0.4, 0.5) is 10.9 Å². The first kappa shape index (κ1) is 13.8. The third-order valence-electron chi connectivity index (χ3n) is 3.53. The molecule has 23 heavy (non-hydrogen) atoms. The zero-order chi connectivity index (χ0) is 15.6. The molecular formula is C18H14N4S. The number of nitrogens with one attached hydrogen (secondary N) is 1. The number of aromatic nitrogens is 3. The molecule has 0 radical (unpaired) electrons. The highest BCUT2D eigenvalue weighted by Crippen LogP contribution is 2.31. The molecule has 0 bridgehead atoms. The molecule has 4 nitrogen and oxygen atoms in total. The largest absolute Gasteiger partial charge is 0.316 e. The number of benzene rings is 1. The molecular weight excluding hydrogens is 304 g/mol. The number of anilines is 2. The van der Waals surface area contributed by atoms with E-state index < -0.39 is 0 Å². The van der Waals surface area contributed by atoms with Gasteiger partial charge in [-0.3, -0.25) is 4.98 Å². The second-order valence-corrected chi connectivity index (χ2v) is 6.26. The van der Waals surface area contributed by atoms with Crippen molar-refractivity contribution >= 4 is 32.5 Å². The molecule has 3 aromatic heterocycles. The van der Waals surface area contributed by atoms with Crippen molar-refractivity contribution in [3.05, 3.63) is 66.6 Å². The highest BCUT2D eigenvalue weighted by atomic mass is 32.1. The van der Waals surface area contributed by atoms with Gasteiger partial charge in [-0.2, -0.15) is 0 Å². The first-order valence-electron chi connectivity index (χ1n) is 7.30. The van der Waals surface area contributed by atoms with Gasteiger partial charge >= 0.3 is 0 Å². The fraction of sp³-hybridized carbons (Fsp3) is 0.0556. The summed E-state index contributed by atoms with van der Waals surface area (Å²) in [7, 11) is 0. The number of fused-ring (bicyclic) bond motifs is 1. The van der Waals surface area contributed by atoms with Crippen LogP contribution in [0.3, 0.4) is 0 Å². The van der Waals surface area contributed by atoms with Crippen LogP contribution in [-0.4, -0.2) is 15.0 Å². The average molecular weight is 318 g/mol. The molecule has 0 saturated heterocycles. The van der Waals surface area contributed by atoms with Gasteiger partial charge < -0.3 is 5.32 Å². The predicted molar refractivity (Wildman–Crippen MR) is 95.1 cm³/mol. The van der Waals surface area contributed by atoms with Crippen LogP contribution < -0.4 is 5.32 Å². The van der Waals surface area contributed by atoms with Crippen molar-refractivity contribution in [1.82, 2.24) is 15.0 Å². The normalized spacial score (nSPS) is 10.8. The fourth-order valence-corrected chi connectivity index (χ4v) is 3.34. The van der Waals surface area contributed by atoms with Crippen LogP contribution in [0, 0.1) is 6.92 Å². The van der Waals surface area contributed by atoms with Gasteiger partial charge in [0.25, 0.3) is 0 Å². The molecule has 0 spiro atoms. The maximum absolute atomic E-state index is 4.63. The predicted octanol–water partition coefficient (Wildman–Crippen LogP) is 4.81. The summed E-state index contributed by atoms with van der Waals surface area (Å²) in [4.78, 5) is 13.1. The second kappa shape index (κ2) is 5.78. The zero-order valence-corrected chi connectivity index (χ0v) is 13.3. The molecule has 0 aliphatic rings. The molecule has 0 amide bonds. The average Bonchev–Trinajstić information content (AvgIpc) is 2.97. The van der Waals surface area contributed by atoms with E-state index in [9.17, 15) is 0 Å². The van der Waals surface area contributed by atoms with Crippen molar-refractivity contribution in [1.29, 1.82) is 0 Å². The third kappa shape index (κ3) is 2.91. The summed E-state index contributed by atoms with van der Waals surface area (Å²) in [5, 5.41) is 4.13. The molecule has 0 saturated carbocycles. The zero-order valence-electron chi connectivity index (χ0n) is 12.5. The van der Waals surface area contributed by atoms with E-state index in [-0.39, 0.29) is 0 Å². The van der Waals surface area contributed by atoms with Crippen LogP contribution in [0.25, 0.3) is 21.3 Å². The maximum atomic E-state index is 4.63. The third-order valence-corrected chi connectivity index (χ3v) is 4.46. The Morgan fingerprint density at radius 1 is 0.913 bits per heavy atom. The van der Waals surface area contributed by atoms with Crippen molar-refractivity contribution in [2.45, 2.75) is 6.92 Å². The van der Waals surface area contributed by atoms with Crippen molar-refractivity contribution in [2.75, 3.05) is 5.32 Å². The van der Waals surface area contributed by atoms with E-state index in [0.717, 1.165) is 32.4 Å². The van der Waals surface area contributed by atoms with Crippen LogP contribution >= 0.6 is 11.3 Å². The lowest BCUT2D eigenvalue weighted by Crippen LogP contribution is -1.93. The molecule has 3 heterocycles. The van der Waals surface area contributed by atoms with E-state index in [1.54, 1.807) is 11.3 Å². The van der Waals surface area contributed by atoms with Crippen LogP contribution in [0.1, 0.15) is 5.69 Å². The fourth-order valence-electron chi connectivity index (χ4n) is 2.42. The van der Waals surface area contributed by atoms with Gasteiger partial charge in [-0.25, -0.2) is 9.97 Å². The van der Waals surface area contributed by atoms with Crippen molar-refractivity contribution in [2.24, 2.45) is 0 Å². The topological polar surface area (TPSA) is 50.7 Å². The Hall–Kier alpha value is -2.79. The molecule has 0 atom stereocenters. The lowest BCUT2D eigenvalue weighted by atomic mass is 10.1. The molecule has 1 N–H and O–H groups in total. The number of hydrogen-bond acceptors (Lipinski definition) is 5. The summed E-state index contributed by atoms with van der Waals surface area (Å²) < 4.78 is 1.15. The van der Waals surface area contributed by atoms with E-state index in [1.807, 2.05) is 49.6 Å². The monoisotopic (exact) mass is 318 g/mol. The molecule has 112 valence electrons. The summed E-state index contributed by atoms with van der Waals surface area (Å²) in [5.41, 5.74) is 4.30. The number of thiazole rings is 1. The number of aryl methyl sites for hydroxylation is 1. The van der Waals surface area contributed by atoms with Gasteiger partial charge in [0, 0.05) is 18.1 Å². The lowest BCUT2D eigenvalue weighted by Gasteiger charge is -2.01. The molecule has 0 unspecified atom stereocenters. The standard InChI is InChI=1S/C18H14N4S/c1-12-3-2-4-17(20-12)22-18-21-15-6-5-14(11-16(15)23-18)13-7-9-19-10-8-13/h2-11H,1H3,(H,20,21,22). The van der Waals surface area contributed by atoms with Crippen LogP contribution in [0.15, 0.2) is 60.9 Å². The Kier molecular flexibility index (Phi) is 3.48. The number of hydrogen-bond donors (Lipinski definition) is 1. The molecule has 5 heteroatoms. The molecule has 0 aliphatic carbocycles. The van der Waals surface area contributed by atoms with Gasteiger partial charge in [0.2, 0.25) is 0 Å². The molecule has 0 fully saturated rings. The lowest BCUT2D eigenvalue weighted by molar-refractivity contribution is 1.20. The molecule has 0 aliphatic heterocycles. The van der Waals surface area contributed by atoms with Crippen molar-refractivity contribution in [3.63, 3.8) is 0 Å². The SMILES string of the molecule is Cc1cccc(Nc2nc3ccc(-c4ccncc4)cc3s2)n1. The first-order valence-corrected chi connectivity index (χ1v) is 8.11. The molecule has 4 aromatic rings. The highest BCUT2D eigenvalue weighted by Gasteiger charge is 2.07. The van der Waals surface area contributed by atoms with Crippen LogP contribution in [0.2, 0.25) is 0 Å². The Morgan fingerprint density at radius 2 is 1.78 bits per heavy atom. The Labute approximate surface area is 137 Å². The van der Waals surface area contributed by atoms with E-state index in [1.165, 1.54) is 5.56 Å². The number of nitrogens with zero attached hydrogens (tertiary/aromatic N) is 3. The highest BCUT2D eigenvalue weighted by molar-refractivity contribution is 7.22. The van der Waals surface area contributed by atoms with Gasteiger partial charge in [0.05, 0.1) is 10.2 Å². The summed E-state index contributed by atoms with van der Waals surface area (Å²) >= 11 is 1.63. The Bertz CT molecular complexity index is 963. The van der Waals surface area contributed by atoms with Crippen LogP contribution in [0.5, 0.6) is 0 Å². The number of rotatable bonds is 3. The quantitative estimate of drug-likeness (QED) is 0.589. The van der Waals surface area contributed by atoms with Gasteiger partial charge in [0.15, 0.2) is 5.13 Å². The smallest absolute Gasteiger partial charge is 0.189 e. The minimum absolute atomic E-state index is 0.818. The summed E-state index contributed by atoms with van der Waals surface area (Å²) in [6.07, 6.45) is 3.62. The van der Waals surface area contributed by atoms with Gasteiger partial charge in [0.1, 0.15) is 5.82 Å². The number of pyridine rings is 2. The first-order chi connectivity index (χ1) is 11.3. The van der Waals surface area contributed by atoms with Gasteiger partial charge in [-0.1, -0.05) is 23.5 Å². The van der Waals surface area contributed by atoms with Gasteiger partial charge in [-0.05, 0) is 54.4 Å². The van der Waals surface area contributed by atoms with Gasteiger partial charge in [-0.15, -0.1) is 0 Å². The summed E-state index contributed by atoms with van der Waals surface area (Å²) in [6.45, 7) is 1.98. The maximum Gasteiger partial charge on any atom is 0.189 e. The summed E-state index contributed by atoms with van der Waals surface area (Å²) in [6, 6.07) is 16.2. The van der Waals surface area contributed by atoms with E-state index >= 15 is 0 Å². The second-order valence-electron chi connectivity index (χ2n) is 5.23. The van der Waals surface area contributed by atoms with E-state index in [4.69, 9.17) is 0 Å². The van der Waals surface area contributed by atoms with Crippen molar-refractivity contribution < 1.29 is 0 Å². The minimum atomic E-state index is 0.818. The van der Waals surface area contributed by atoms with Crippen molar-refractivity contribution in [3.8, 4) is 11.1 Å². The Morgan fingerprint density at radius 3 is 2.61 bits per heavy atom. The Balaban J connectivity index is 1.68. The summed E-state index contributed by atoms with van der Waals surface area (Å²) in [5.74, 6) is 0.818. The molecule has 1 aromatic carbocycles.